The summed E-state index contributed by atoms with van der Waals surface area (Å²) in [4.78, 5) is 2.34. The summed E-state index contributed by atoms with van der Waals surface area (Å²) in [6.45, 7) is 12.6. The first kappa shape index (κ1) is 19.1. The molecule has 3 aromatic rings. The molecule has 29 heavy (non-hydrogen) atoms. The molecule has 0 aliphatic carbocycles. The third kappa shape index (κ3) is 3.83. The lowest BCUT2D eigenvalue weighted by atomic mass is 10.0. The van der Waals surface area contributed by atoms with Crippen molar-refractivity contribution in [1.29, 1.82) is 0 Å². The Labute approximate surface area is 171 Å². The number of nitrogens with zero attached hydrogens (tertiary/aromatic N) is 5. The standard InChI is InChI=1S/C23H28N6/c1-16(2)10-24-22-8-9-28(13-17(22)3)18(4)21-12-26-29-15-19(6-7-23(21)29)20-11-25-27(5)14-20/h6-7,10-12,14-15,24H,4,8-9,13H2,1-3,5H3. The minimum absolute atomic E-state index is 0.878. The van der Waals surface area contributed by atoms with E-state index >= 15 is 0 Å². The third-order valence-corrected chi connectivity index (χ3v) is 5.36. The summed E-state index contributed by atoms with van der Waals surface area (Å²) >= 11 is 0. The summed E-state index contributed by atoms with van der Waals surface area (Å²) in [5.41, 5.74) is 9.29. The van der Waals surface area contributed by atoms with Crippen LogP contribution in [0.5, 0.6) is 0 Å². The molecule has 1 aliphatic heterocycles. The van der Waals surface area contributed by atoms with Gasteiger partial charge in [-0.1, -0.05) is 18.2 Å². The van der Waals surface area contributed by atoms with E-state index in [0.717, 1.165) is 47.4 Å². The van der Waals surface area contributed by atoms with Gasteiger partial charge in [0.05, 0.1) is 17.9 Å². The lowest BCUT2D eigenvalue weighted by Crippen LogP contribution is -2.32. The van der Waals surface area contributed by atoms with E-state index in [-0.39, 0.29) is 0 Å². The Balaban J connectivity index is 1.56. The first-order valence-corrected chi connectivity index (χ1v) is 9.91. The highest BCUT2D eigenvalue weighted by Gasteiger charge is 2.20. The minimum Gasteiger partial charge on any atom is -0.367 e. The van der Waals surface area contributed by atoms with Gasteiger partial charge < -0.3 is 10.2 Å². The van der Waals surface area contributed by atoms with Crippen LogP contribution in [0.4, 0.5) is 0 Å². The van der Waals surface area contributed by atoms with E-state index in [4.69, 9.17) is 0 Å². The van der Waals surface area contributed by atoms with Crippen molar-refractivity contribution in [2.75, 3.05) is 13.1 Å². The van der Waals surface area contributed by atoms with Gasteiger partial charge in [-0.05, 0) is 38.6 Å². The van der Waals surface area contributed by atoms with Gasteiger partial charge in [-0.15, -0.1) is 0 Å². The van der Waals surface area contributed by atoms with Crippen LogP contribution in [0.1, 0.15) is 32.8 Å². The lowest BCUT2D eigenvalue weighted by molar-refractivity contribution is 0.405. The monoisotopic (exact) mass is 388 g/mol. The van der Waals surface area contributed by atoms with E-state index in [0.29, 0.717) is 0 Å². The predicted molar refractivity (Wildman–Crippen MR) is 118 cm³/mol. The van der Waals surface area contributed by atoms with Crippen molar-refractivity contribution >= 4 is 11.2 Å². The number of fused-ring (bicyclic) bond motifs is 1. The van der Waals surface area contributed by atoms with Gasteiger partial charge in [0.2, 0.25) is 0 Å². The van der Waals surface area contributed by atoms with Crippen LogP contribution in [-0.2, 0) is 7.05 Å². The second-order valence-electron chi connectivity index (χ2n) is 7.95. The zero-order valence-corrected chi connectivity index (χ0v) is 17.6. The highest BCUT2D eigenvalue weighted by Crippen LogP contribution is 2.28. The normalized spacial score (nSPS) is 14.4. The molecular weight excluding hydrogens is 360 g/mol. The van der Waals surface area contributed by atoms with E-state index < -0.39 is 0 Å². The van der Waals surface area contributed by atoms with E-state index in [9.17, 15) is 0 Å². The molecule has 1 aliphatic rings. The topological polar surface area (TPSA) is 50.4 Å². The summed E-state index contributed by atoms with van der Waals surface area (Å²) in [5, 5.41) is 12.3. The van der Waals surface area contributed by atoms with Crippen molar-refractivity contribution in [3.05, 3.63) is 72.1 Å². The first-order valence-electron chi connectivity index (χ1n) is 9.91. The SMILES string of the molecule is C=C(c1cnn2cc(-c3cnn(C)c3)ccc12)N1CCC(NC=C(C)C)=C(C)C1. The van der Waals surface area contributed by atoms with Gasteiger partial charge >= 0.3 is 0 Å². The van der Waals surface area contributed by atoms with Crippen molar-refractivity contribution in [2.45, 2.75) is 27.2 Å². The summed E-state index contributed by atoms with van der Waals surface area (Å²) in [6, 6.07) is 4.23. The zero-order chi connectivity index (χ0) is 20.5. The predicted octanol–water partition coefficient (Wildman–Crippen LogP) is 4.20. The summed E-state index contributed by atoms with van der Waals surface area (Å²) < 4.78 is 3.74. The van der Waals surface area contributed by atoms with Gasteiger partial charge in [0.25, 0.3) is 0 Å². The molecule has 6 heteroatoms. The molecule has 0 saturated carbocycles. The van der Waals surface area contributed by atoms with Crippen molar-refractivity contribution in [1.82, 2.24) is 29.6 Å². The summed E-state index contributed by atoms with van der Waals surface area (Å²) in [5.74, 6) is 0. The fourth-order valence-electron chi connectivity index (χ4n) is 3.70. The molecule has 150 valence electrons. The molecule has 0 spiro atoms. The van der Waals surface area contributed by atoms with Gasteiger partial charge in [-0.25, -0.2) is 4.52 Å². The maximum absolute atomic E-state index is 4.58. The largest absolute Gasteiger partial charge is 0.367 e. The number of rotatable bonds is 5. The zero-order valence-electron chi connectivity index (χ0n) is 17.6. The van der Waals surface area contributed by atoms with Crippen LogP contribution in [0.2, 0.25) is 0 Å². The van der Waals surface area contributed by atoms with E-state index in [1.165, 1.54) is 16.8 Å². The number of aryl methyl sites for hydroxylation is 1. The van der Waals surface area contributed by atoms with Gasteiger partial charge in [0.15, 0.2) is 0 Å². The van der Waals surface area contributed by atoms with Gasteiger partial charge in [0.1, 0.15) is 0 Å². The van der Waals surface area contributed by atoms with E-state index in [2.05, 4.69) is 66.1 Å². The average Bonchev–Trinajstić information content (AvgIpc) is 3.32. The van der Waals surface area contributed by atoms with Crippen molar-refractivity contribution < 1.29 is 0 Å². The number of hydrogen-bond acceptors (Lipinski definition) is 4. The second kappa shape index (κ2) is 7.62. The van der Waals surface area contributed by atoms with Crippen LogP contribution in [0, 0.1) is 0 Å². The molecule has 0 amide bonds. The first-order chi connectivity index (χ1) is 13.9. The van der Waals surface area contributed by atoms with E-state index in [1.807, 2.05) is 41.0 Å². The molecule has 3 aromatic heterocycles. The maximum Gasteiger partial charge on any atom is 0.0755 e. The lowest BCUT2D eigenvalue weighted by Gasteiger charge is -2.32. The van der Waals surface area contributed by atoms with Crippen LogP contribution < -0.4 is 5.32 Å². The van der Waals surface area contributed by atoms with Crippen molar-refractivity contribution in [2.24, 2.45) is 7.05 Å². The van der Waals surface area contributed by atoms with E-state index in [1.54, 1.807) is 0 Å². The van der Waals surface area contributed by atoms with Crippen molar-refractivity contribution in [3.63, 3.8) is 0 Å². The number of pyridine rings is 1. The Morgan fingerprint density at radius 2 is 1.97 bits per heavy atom. The number of aromatic nitrogens is 4. The van der Waals surface area contributed by atoms with Gasteiger partial charge in [-0.3, -0.25) is 4.68 Å². The molecule has 0 fully saturated rings. The Hall–Kier alpha value is -3.28. The number of nitrogens with one attached hydrogen (secondary N) is 1. The number of allylic oxidation sites excluding steroid dienone is 1. The Kier molecular flexibility index (Phi) is 5.01. The highest BCUT2D eigenvalue weighted by atomic mass is 15.2. The molecule has 0 saturated heterocycles. The van der Waals surface area contributed by atoms with Crippen LogP contribution >= 0.6 is 0 Å². The summed E-state index contributed by atoms with van der Waals surface area (Å²) in [6.07, 6.45) is 10.9. The van der Waals surface area contributed by atoms with Crippen molar-refractivity contribution in [3.8, 4) is 11.1 Å². The molecule has 6 nitrogen and oxygen atoms in total. The van der Waals surface area contributed by atoms with Crippen LogP contribution in [0.3, 0.4) is 0 Å². The second-order valence-corrected chi connectivity index (χ2v) is 7.95. The Morgan fingerprint density at radius 1 is 1.14 bits per heavy atom. The fourth-order valence-corrected chi connectivity index (χ4v) is 3.70. The highest BCUT2D eigenvalue weighted by molar-refractivity contribution is 5.77. The Bertz CT molecular complexity index is 1120. The maximum atomic E-state index is 4.58. The molecule has 1 N–H and O–H groups in total. The van der Waals surface area contributed by atoms with Gasteiger partial charge in [0, 0.05) is 67.0 Å². The molecule has 0 unspecified atom stereocenters. The quantitative estimate of drug-likeness (QED) is 0.712. The molecule has 4 rings (SSSR count). The molecule has 4 heterocycles. The van der Waals surface area contributed by atoms with Crippen LogP contribution in [0.25, 0.3) is 22.3 Å². The third-order valence-electron chi connectivity index (χ3n) is 5.36. The molecule has 0 aromatic carbocycles. The van der Waals surface area contributed by atoms with Crippen LogP contribution in [0.15, 0.2) is 66.5 Å². The Morgan fingerprint density at radius 3 is 2.66 bits per heavy atom. The summed E-state index contributed by atoms with van der Waals surface area (Å²) in [7, 11) is 1.92. The molecule has 0 bridgehead atoms. The van der Waals surface area contributed by atoms with Gasteiger partial charge in [-0.2, -0.15) is 10.2 Å². The minimum atomic E-state index is 0.878. The molecule has 0 radical (unpaired) electrons. The smallest absolute Gasteiger partial charge is 0.0755 e. The fraction of sp³-hybridized carbons (Fsp3) is 0.304. The average molecular weight is 389 g/mol. The van der Waals surface area contributed by atoms with Crippen LogP contribution in [-0.4, -0.2) is 37.4 Å². The molecule has 0 atom stereocenters. The number of hydrogen-bond donors (Lipinski definition) is 1. The molecular formula is C23H28N6.